The van der Waals surface area contributed by atoms with E-state index in [1.54, 1.807) is 44.6 Å². The number of hydrogen-bond acceptors (Lipinski definition) is 3. The van der Waals surface area contributed by atoms with E-state index < -0.39 is 6.10 Å². The van der Waals surface area contributed by atoms with Gasteiger partial charge in [-0.05, 0) is 29.8 Å². The van der Waals surface area contributed by atoms with E-state index in [1.807, 2.05) is 6.07 Å². The monoisotopic (exact) mass is 356 g/mol. The minimum atomic E-state index is -0.817. The van der Waals surface area contributed by atoms with Gasteiger partial charge in [-0.1, -0.05) is 39.7 Å². The van der Waals surface area contributed by atoms with Gasteiger partial charge in [0.05, 0.1) is 14.2 Å². The van der Waals surface area contributed by atoms with E-state index in [1.165, 1.54) is 0 Å². The predicted molar refractivity (Wildman–Crippen MR) is 82.8 cm³/mol. The third-order valence-electron chi connectivity index (χ3n) is 2.99. The van der Waals surface area contributed by atoms with Gasteiger partial charge in [-0.3, -0.25) is 0 Å². The third-order valence-corrected chi connectivity index (χ3v) is 3.91. The van der Waals surface area contributed by atoms with Crippen LogP contribution in [-0.4, -0.2) is 19.3 Å². The molecule has 0 radical (unpaired) electrons. The maximum absolute atomic E-state index is 10.5. The van der Waals surface area contributed by atoms with Crippen molar-refractivity contribution in [3.05, 3.63) is 57.0 Å². The molecule has 0 saturated carbocycles. The van der Waals surface area contributed by atoms with Crippen molar-refractivity contribution in [3.63, 3.8) is 0 Å². The number of rotatable bonds is 4. The second kappa shape index (κ2) is 6.48. The summed E-state index contributed by atoms with van der Waals surface area (Å²) in [6.45, 7) is 0. The molecule has 0 saturated heterocycles. The fourth-order valence-corrected chi connectivity index (χ4v) is 2.67. The molecule has 1 atom stereocenters. The van der Waals surface area contributed by atoms with Crippen LogP contribution in [-0.2, 0) is 0 Å². The van der Waals surface area contributed by atoms with Crippen LogP contribution in [0.3, 0.4) is 0 Å². The second-order valence-electron chi connectivity index (χ2n) is 4.18. The lowest BCUT2D eigenvalue weighted by molar-refractivity contribution is 0.214. The molecule has 0 bridgehead atoms. The Labute approximate surface area is 131 Å². The Balaban J connectivity index is 2.43. The molecule has 0 aliphatic carbocycles. The number of halogens is 2. The lowest BCUT2D eigenvalue weighted by Gasteiger charge is -2.17. The van der Waals surface area contributed by atoms with Crippen molar-refractivity contribution in [1.29, 1.82) is 0 Å². The van der Waals surface area contributed by atoms with E-state index in [-0.39, 0.29) is 0 Å². The Hall–Kier alpha value is -1.23. The van der Waals surface area contributed by atoms with E-state index in [2.05, 4.69) is 15.9 Å². The Morgan fingerprint density at radius 1 is 1.05 bits per heavy atom. The quantitative estimate of drug-likeness (QED) is 0.891. The summed E-state index contributed by atoms with van der Waals surface area (Å²) in [5.41, 5.74) is 1.38. The Kier molecular flexibility index (Phi) is 4.91. The average molecular weight is 358 g/mol. The summed E-state index contributed by atoms with van der Waals surface area (Å²) in [7, 11) is 3.14. The van der Waals surface area contributed by atoms with Gasteiger partial charge in [-0.2, -0.15) is 0 Å². The third kappa shape index (κ3) is 3.08. The zero-order valence-electron chi connectivity index (χ0n) is 11.1. The van der Waals surface area contributed by atoms with Crippen molar-refractivity contribution in [2.45, 2.75) is 6.10 Å². The summed E-state index contributed by atoms with van der Waals surface area (Å²) >= 11 is 9.37. The molecule has 0 aliphatic rings. The number of aliphatic hydroxyl groups excluding tert-OH is 1. The molecule has 1 unspecified atom stereocenters. The molecule has 0 fully saturated rings. The molecule has 0 amide bonds. The zero-order valence-corrected chi connectivity index (χ0v) is 13.4. The normalized spacial score (nSPS) is 12.1. The second-order valence-corrected chi connectivity index (χ2v) is 5.47. The largest absolute Gasteiger partial charge is 0.497 e. The number of ether oxygens (including phenoxy) is 2. The van der Waals surface area contributed by atoms with Crippen LogP contribution in [0.5, 0.6) is 11.5 Å². The van der Waals surface area contributed by atoms with E-state index in [9.17, 15) is 5.11 Å². The highest BCUT2D eigenvalue weighted by Crippen LogP contribution is 2.36. The van der Waals surface area contributed by atoms with Crippen molar-refractivity contribution in [2.24, 2.45) is 0 Å². The number of benzene rings is 2. The fourth-order valence-electron chi connectivity index (χ4n) is 1.93. The predicted octanol–water partition coefficient (Wildman–Crippen LogP) is 4.20. The summed E-state index contributed by atoms with van der Waals surface area (Å²) in [5.74, 6) is 1.27. The highest BCUT2D eigenvalue weighted by Gasteiger charge is 2.18. The van der Waals surface area contributed by atoms with Crippen molar-refractivity contribution in [2.75, 3.05) is 14.2 Å². The van der Waals surface area contributed by atoms with Crippen molar-refractivity contribution in [3.8, 4) is 11.5 Å². The number of aliphatic hydroxyl groups is 1. The Morgan fingerprint density at radius 3 is 2.35 bits per heavy atom. The molecule has 0 heterocycles. The molecule has 0 aliphatic heterocycles. The van der Waals surface area contributed by atoms with Gasteiger partial charge in [0.25, 0.3) is 0 Å². The highest BCUT2D eigenvalue weighted by atomic mass is 79.9. The van der Waals surface area contributed by atoms with Crippen molar-refractivity contribution in [1.82, 2.24) is 0 Å². The first-order chi connectivity index (χ1) is 9.56. The van der Waals surface area contributed by atoms with Crippen LogP contribution < -0.4 is 9.47 Å². The fraction of sp³-hybridized carbons (Fsp3) is 0.200. The number of hydrogen-bond donors (Lipinski definition) is 1. The minimum absolute atomic E-state index is 0.549. The standard InChI is InChI=1S/C15H14BrClO3/c1-19-10-4-6-11(13(16)8-10)15(18)12-5-3-9(17)7-14(12)20-2/h3-8,15,18H,1-2H3. The van der Waals surface area contributed by atoms with Gasteiger partial charge in [0, 0.05) is 15.1 Å². The molecule has 2 aromatic rings. The average Bonchev–Trinajstić information content (AvgIpc) is 2.46. The van der Waals surface area contributed by atoms with Crippen LogP contribution in [0.25, 0.3) is 0 Å². The van der Waals surface area contributed by atoms with Gasteiger partial charge < -0.3 is 14.6 Å². The summed E-state index contributed by atoms with van der Waals surface area (Å²) in [6, 6.07) is 10.6. The Morgan fingerprint density at radius 2 is 1.75 bits per heavy atom. The van der Waals surface area contributed by atoms with Gasteiger partial charge >= 0.3 is 0 Å². The van der Waals surface area contributed by atoms with Crippen LogP contribution in [0.15, 0.2) is 40.9 Å². The summed E-state index contributed by atoms with van der Waals surface area (Å²) < 4.78 is 11.2. The minimum Gasteiger partial charge on any atom is -0.497 e. The summed E-state index contributed by atoms with van der Waals surface area (Å²) in [6.07, 6.45) is -0.817. The molecule has 2 rings (SSSR count). The first-order valence-electron chi connectivity index (χ1n) is 5.91. The molecule has 0 aromatic heterocycles. The van der Waals surface area contributed by atoms with E-state index in [0.29, 0.717) is 16.3 Å². The lowest BCUT2D eigenvalue weighted by atomic mass is 10.0. The molecule has 3 nitrogen and oxygen atoms in total. The molecular formula is C15H14BrClO3. The van der Waals surface area contributed by atoms with Gasteiger partial charge in [-0.15, -0.1) is 0 Å². The van der Waals surface area contributed by atoms with Gasteiger partial charge in [-0.25, -0.2) is 0 Å². The van der Waals surface area contributed by atoms with E-state index in [4.69, 9.17) is 21.1 Å². The van der Waals surface area contributed by atoms with Crippen LogP contribution >= 0.6 is 27.5 Å². The van der Waals surface area contributed by atoms with Crippen LogP contribution in [0.1, 0.15) is 17.2 Å². The smallest absolute Gasteiger partial charge is 0.126 e. The summed E-state index contributed by atoms with van der Waals surface area (Å²) in [5, 5.41) is 11.1. The first kappa shape index (κ1) is 15.2. The molecule has 2 aromatic carbocycles. The van der Waals surface area contributed by atoms with E-state index >= 15 is 0 Å². The summed E-state index contributed by atoms with van der Waals surface area (Å²) in [4.78, 5) is 0. The lowest BCUT2D eigenvalue weighted by Crippen LogP contribution is -2.03. The molecule has 1 N–H and O–H groups in total. The van der Waals surface area contributed by atoms with Crippen LogP contribution in [0, 0.1) is 0 Å². The first-order valence-corrected chi connectivity index (χ1v) is 7.09. The highest BCUT2D eigenvalue weighted by molar-refractivity contribution is 9.10. The zero-order chi connectivity index (χ0) is 14.7. The van der Waals surface area contributed by atoms with Gasteiger partial charge in [0.2, 0.25) is 0 Å². The van der Waals surface area contributed by atoms with Gasteiger partial charge in [0.1, 0.15) is 17.6 Å². The van der Waals surface area contributed by atoms with Crippen LogP contribution in [0.4, 0.5) is 0 Å². The molecule has 20 heavy (non-hydrogen) atoms. The number of methoxy groups -OCH3 is 2. The van der Waals surface area contributed by atoms with Crippen molar-refractivity contribution < 1.29 is 14.6 Å². The molecule has 5 heteroatoms. The van der Waals surface area contributed by atoms with Crippen LogP contribution in [0.2, 0.25) is 5.02 Å². The maximum atomic E-state index is 10.5. The SMILES string of the molecule is COc1ccc(C(O)c2ccc(Cl)cc2OC)c(Br)c1. The van der Waals surface area contributed by atoms with Gasteiger partial charge in [0.15, 0.2) is 0 Å². The molecule has 106 valence electrons. The van der Waals surface area contributed by atoms with Crippen molar-refractivity contribution >= 4 is 27.5 Å². The van der Waals surface area contributed by atoms with E-state index in [0.717, 1.165) is 15.8 Å². The Bertz CT molecular complexity index is 616. The topological polar surface area (TPSA) is 38.7 Å². The molecular weight excluding hydrogens is 344 g/mol. The molecule has 0 spiro atoms. The maximum Gasteiger partial charge on any atom is 0.126 e.